The zero-order valence-corrected chi connectivity index (χ0v) is 16.3. The Hall–Kier alpha value is -1.66. The Balaban J connectivity index is 1.83. The molecule has 0 aromatic heterocycles. The number of amides is 2. The molecule has 2 amide bonds. The van der Waals surface area contributed by atoms with E-state index in [1.807, 2.05) is 36.4 Å². The van der Waals surface area contributed by atoms with Gasteiger partial charge in [0.1, 0.15) is 0 Å². The van der Waals surface area contributed by atoms with E-state index in [0.29, 0.717) is 12.2 Å². The number of halogens is 2. The molecule has 0 atom stereocenters. The maximum Gasteiger partial charge on any atom is 0.228 e. The predicted octanol–water partition coefficient (Wildman–Crippen LogP) is 4.30. The second-order valence-electron chi connectivity index (χ2n) is 5.73. The number of anilines is 2. The molecule has 4 nitrogen and oxygen atoms in total. The van der Waals surface area contributed by atoms with E-state index in [1.165, 1.54) is 0 Å². The molecule has 1 heterocycles. The maximum absolute atomic E-state index is 12.4. The number of nitrogens with one attached hydrogen (secondary N) is 1. The molecule has 0 unspecified atom stereocenters. The van der Waals surface area contributed by atoms with Crippen LogP contribution in [0.2, 0.25) is 0 Å². The molecule has 0 spiro atoms. The lowest BCUT2D eigenvalue weighted by Gasteiger charge is -2.19. The van der Waals surface area contributed by atoms with Gasteiger partial charge in [0.05, 0.1) is 17.8 Å². The first-order valence-electron chi connectivity index (χ1n) is 7.59. The molecule has 6 heteroatoms. The van der Waals surface area contributed by atoms with Gasteiger partial charge in [-0.05, 0) is 41.8 Å². The van der Waals surface area contributed by atoms with Gasteiger partial charge >= 0.3 is 0 Å². The van der Waals surface area contributed by atoms with E-state index in [2.05, 4.69) is 37.2 Å². The van der Waals surface area contributed by atoms with Gasteiger partial charge in [-0.15, -0.1) is 0 Å². The van der Waals surface area contributed by atoms with E-state index in [0.717, 1.165) is 32.2 Å². The van der Waals surface area contributed by atoms with Crippen LogP contribution in [-0.4, -0.2) is 18.4 Å². The quantitative estimate of drug-likeness (QED) is 0.756. The van der Waals surface area contributed by atoms with Crippen molar-refractivity contribution in [1.29, 1.82) is 0 Å². The van der Waals surface area contributed by atoms with Gasteiger partial charge in [-0.3, -0.25) is 9.59 Å². The molecule has 0 fully saturated rings. The molecule has 0 radical (unpaired) electrons. The number of benzene rings is 2. The van der Waals surface area contributed by atoms with E-state index < -0.39 is 0 Å². The van der Waals surface area contributed by atoms with Crippen LogP contribution in [0.1, 0.15) is 18.1 Å². The van der Waals surface area contributed by atoms with Crippen molar-refractivity contribution in [3.8, 4) is 0 Å². The van der Waals surface area contributed by atoms with Gasteiger partial charge in [0.15, 0.2) is 0 Å². The largest absolute Gasteiger partial charge is 0.324 e. The second kappa shape index (κ2) is 7.07. The molecule has 124 valence electrons. The van der Waals surface area contributed by atoms with Crippen molar-refractivity contribution in [1.82, 2.24) is 0 Å². The highest BCUT2D eigenvalue weighted by Gasteiger charge is 2.26. The highest BCUT2D eigenvalue weighted by Crippen LogP contribution is 2.38. The summed E-state index contributed by atoms with van der Waals surface area (Å²) in [6.07, 6.45) is 1.08. The molecule has 1 aliphatic rings. The maximum atomic E-state index is 12.4. The molecule has 0 saturated carbocycles. The Morgan fingerprint density at radius 3 is 2.50 bits per heavy atom. The van der Waals surface area contributed by atoms with Crippen LogP contribution in [0.25, 0.3) is 0 Å². The van der Waals surface area contributed by atoms with Gasteiger partial charge in [0.2, 0.25) is 11.8 Å². The van der Waals surface area contributed by atoms with Gasteiger partial charge < -0.3 is 10.2 Å². The first-order chi connectivity index (χ1) is 11.4. The van der Waals surface area contributed by atoms with Crippen molar-refractivity contribution in [3.63, 3.8) is 0 Å². The molecule has 1 aliphatic heterocycles. The number of carbonyl (C=O) groups excluding carboxylic acids is 2. The molecule has 3 rings (SSSR count). The zero-order chi connectivity index (χ0) is 17.3. The monoisotopic (exact) mass is 450 g/mol. The topological polar surface area (TPSA) is 49.4 Å². The molecule has 2 aromatic rings. The lowest BCUT2D eigenvalue weighted by molar-refractivity contribution is -0.117. The number of rotatable bonds is 3. The molecule has 0 aliphatic carbocycles. The minimum absolute atomic E-state index is 0.0144. The predicted molar refractivity (Wildman–Crippen MR) is 102 cm³/mol. The van der Waals surface area contributed by atoms with E-state index in [-0.39, 0.29) is 18.2 Å². The third-order valence-electron chi connectivity index (χ3n) is 3.96. The smallest absolute Gasteiger partial charge is 0.228 e. The number of nitrogens with zero attached hydrogens (tertiary/aromatic N) is 1. The van der Waals surface area contributed by atoms with Crippen LogP contribution >= 0.6 is 31.9 Å². The molecule has 2 aromatic carbocycles. The number of fused-ring (bicyclic) bond motifs is 1. The van der Waals surface area contributed by atoms with Crippen LogP contribution in [0.5, 0.6) is 0 Å². The Morgan fingerprint density at radius 2 is 1.83 bits per heavy atom. The van der Waals surface area contributed by atoms with E-state index in [4.69, 9.17) is 0 Å². The summed E-state index contributed by atoms with van der Waals surface area (Å²) in [5, 5.41) is 2.96. The molecule has 0 bridgehead atoms. The summed E-state index contributed by atoms with van der Waals surface area (Å²) >= 11 is 6.86. The zero-order valence-electron chi connectivity index (χ0n) is 13.1. The summed E-state index contributed by atoms with van der Waals surface area (Å²) in [4.78, 5) is 26.0. The minimum Gasteiger partial charge on any atom is -0.324 e. The fourth-order valence-electron chi connectivity index (χ4n) is 2.90. The summed E-state index contributed by atoms with van der Waals surface area (Å²) in [5.74, 6) is -0.118. The average Bonchev–Trinajstić information content (AvgIpc) is 2.93. The van der Waals surface area contributed by atoms with Crippen molar-refractivity contribution >= 4 is 55.0 Å². The normalized spacial score (nSPS) is 12.9. The van der Waals surface area contributed by atoms with E-state index in [1.54, 1.807) is 11.8 Å². The lowest BCUT2D eigenvalue weighted by Crippen LogP contribution is -2.27. The van der Waals surface area contributed by atoms with Crippen molar-refractivity contribution in [2.45, 2.75) is 19.8 Å². The van der Waals surface area contributed by atoms with Crippen molar-refractivity contribution in [3.05, 3.63) is 56.5 Å². The van der Waals surface area contributed by atoms with Crippen LogP contribution in [-0.2, 0) is 22.4 Å². The first kappa shape index (κ1) is 17.2. The number of hydrogen-bond donors (Lipinski definition) is 1. The van der Waals surface area contributed by atoms with Gasteiger partial charge in [-0.1, -0.05) is 44.0 Å². The lowest BCUT2D eigenvalue weighted by atomic mass is 10.1. The van der Waals surface area contributed by atoms with Gasteiger partial charge in [0, 0.05) is 22.4 Å². The summed E-state index contributed by atoms with van der Waals surface area (Å²) in [6, 6.07) is 11.5. The Morgan fingerprint density at radius 1 is 1.12 bits per heavy atom. The molecule has 0 saturated heterocycles. The summed E-state index contributed by atoms with van der Waals surface area (Å²) in [5.41, 5.74) is 3.49. The van der Waals surface area contributed by atoms with Crippen LogP contribution in [0.4, 0.5) is 11.4 Å². The fourth-order valence-corrected chi connectivity index (χ4v) is 3.67. The SMILES string of the molecule is CC(=O)N1CCc2cc(Br)cc(NC(=O)Cc3ccc(Br)cc3)c21. The third-order valence-corrected chi connectivity index (χ3v) is 4.95. The standard InChI is InChI=1S/C18H16Br2N2O2/c1-11(23)22-7-6-13-9-15(20)10-16(18(13)22)21-17(24)8-12-2-4-14(19)5-3-12/h2-5,9-10H,6-8H2,1H3,(H,21,24). The summed E-state index contributed by atoms with van der Waals surface area (Å²) in [6.45, 7) is 2.20. The van der Waals surface area contributed by atoms with Crippen LogP contribution < -0.4 is 10.2 Å². The molecular weight excluding hydrogens is 436 g/mol. The van der Waals surface area contributed by atoms with Crippen LogP contribution in [0, 0.1) is 0 Å². The van der Waals surface area contributed by atoms with Gasteiger partial charge in [-0.25, -0.2) is 0 Å². The third kappa shape index (κ3) is 3.70. The first-order valence-corrected chi connectivity index (χ1v) is 9.17. The summed E-state index contributed by atoms with van der Waals surface area (Å²) in [7, 11) is 0. The van der Waals surface area contributed by atoms with Crippen molar-refractivity contribution in [2.24, 2.45) is 0 Å². The highest BCUT2D eigenvalue weighted by atomic mass is 79.9. The Labute approximate surface area is 157 Å². The molecular formula is C18H16Br2N2O2. The minimum atomic E-state index is -0.104. The van der Waals surface area contributed by atoms with E-state index >= 15 is 0 Å². The van der Waals surface area contributed by atoms with Crippen LogP contribution in [0.15, 0.2) is 45.3 Å². The van der Waals surface area contributed by atoms with Crippen molar-refractivity contribution < 1.29 is 9.59 Å². The Kier molecular flexibility index (Phi) is 5.06. The number of hydrogen-bond acceptors (Lipinski definition) is 2. The van der Waals surface area contributed by atoms with Crippen LogP contribution in [0.3, 0.4) is 0 Å². The van der Waals surface area contributed by atoms with Crippen molar-refractivity contribution in [2.75, 3.05) is 16.8 Å². The van der Waals surface area contributed by atoms with Gasteiger partial charge in [-0.2, -0.15) is 0 Å². The molecule has 1 N–H and O–H groups in total. The highest BCUT2D eigenvalue weighted by molar-refractivity contribution is 9.10. The summed E-state index contributed by atoms with van der Waals surface area (Å²) < 4.78 is 1.87. The van der Waals surface area contributed by atoms with E-state index in [9.17, 15) is 9.59 Å². The Bertz CT molecular complexity index is 803. The van der Waals surface area contributed by atoms with Gasteiger partial charge in [0.25, 0.3) is 0 Å². The molecule has 24 heavy (non-hydrogen) atoms. The average molecular weight is 452 g/mol. The fraction of sp³-hybridized carbons (Fsp3) is 0.222. The second-order valence-corrected chi connectivity index (χ2v) is 7.56. The number of carbonyl (C=O) groups is 2.